The third-order valence-electron chi connectivity index (χ3n) is 4.88. The standard InChI is InChI=1S/C20H42N2O5S/c1-4-5-6-7-8-9-10-11-12-14-20(24)21-15-13-16-22(2,3)17-19(23)18-28(25,26)27/h19,23H,4-18H2,1-3H3,(H-,21,24,25,26,27)/p+1/t19-/m0/s1. The molecule has 0 radical (unpaired) electrons. The lowest BCUT2D eigenvalue weighted by Gasteiger charge is -2.31. The number of hydrogen-bond acceptors (Lipinski definition) is 4. The van der Waals surface area contributed by atoms with Crippen molar-refractivity contribution in [3.05, 3.63) is 0 Å². The average Bonchev–Trinajstić information content (AvgIpc) is 2.55. The van der Waals surface area contributed by atoms with Gasteiger partial charge >= 0.3 is 0 Å². The number of hydrogen-bond donors (Lipinski definition) is 3. The van der Waals surface area contributed by atoms with E-state index in [-0.39, 0.29) is 12.5 Å². The van der Waals surface area contributed by atoms with Crippen LogP contribution in [0.25, 0.3) is 0 Å². The summed E-state index contributed by atoms with van der Waals surface area (Å²) in [4.78, 5) is 11.9. The number of quaternary nitrogens is 1. The van der Waals surface area contributed by atoms with Gasteiger partial charge in [0.1, 0.15) is 18.4 Å². The predicted octanol–water partition coefficient (Wildman–Crippen LogP) is 2.74. The molecule has 0 heterocycles. The number of likely N-dealkylation sites (N-methyl/N-ethyl adjacent to an activating group) is 1. The molecular weight excluding hydrogens is 380 g/mol. The van der Waals surface area contributed by atoms with Gasteiger partial charge in [-0.1, -0.05) is 58.3 Å². The van der Waals surface area contributed by atoms with E-state index in [1.54, 1.807) is 0 Å². The molecule has 0 rings (SSSR count). The summed E-state index contributed by atoms with van der Waals surface area (Å²) >= 11 is 0. The van der Waals surface area contributed by atoms with Gasteiger partial charge in [0.2, 0.25) is 5.91 Å². The third kappa shape index (κ3) is 18.7. The fourth-order valence-corrected chi connectivity index (χ4v) is 3.97. The zero-order chi connectivity index (χ0) is 21.5. The van der Waals surface area contributed by atoms with Gasteiger partial charge in [0.15, 0.2) is 0 Å². The number of carbonyl (C=O) groups is 1. The lowest BCUT2D eigenvalue weighted by atomic mass is 10.1. The molecule has 7 nitrogen and oxygen atoms in total. The number of amides is 1. The Bertz CT molecular complexity index is 509. The van der Waals surface area contributed by atoms with Gasteiger partial charge in [-0.05, 0) is 6.42 Å². The van der Waals surface area contributed by atoms with E-state index in [4.69, 9.17) is 4.55 Å². The van der Waals surface area contributed by atoms with Gasteiger partial charge in [-0.25, -0.2) is 0 Å². The highest BCUT2D eigenvalue weighted by Gasteiger charge is 2.24. The molecule has 1 atom stereocenters. The molecule has 28 heavy (non-hydrogen) atoms. The maximum Gasteiger partial charge on any atom is 0.267 e. The summed E-state index contributed by atoms with van der Waals surface area (Å²) in [6.45, 7) is 3.72. The second-order valence-electron chi connectivity index (χ2n) is 8.53. The zero-order valence-corrected chi connectivity index (χ0v) is 19.0. The summed E-state index contributed by atoms with van der Waals surface area (Å²) in [5, 5.41) is 12.7. The Kier molecular flexibility index (Phi) is 14.8. The molecule has 3 N–H and O–H groups in total. The van der Waals surface area contributed by atoms with Crippen LogP contribution >= 0.6 is 0 Å². The van der Waals surface area contributed by atoms with Gasteiger partial charge in [-0.3, -0.25) is 9.35 Å². The number of nitrogens with one attached hydrogen (secondary N) is 1. The van der Waals surface area contributed by atoms with Gasteiger partial charge in [0, 0.05) is 19.4 Å². The van der Waals surface area contributed by atoms with Gasteiger partial charge in [0.25, 0.3) is 10.1 Å². The molecule has 0 aliphatic rings. The smallest absolute Gasteiger partial charge is 0.267 e. The van der Waals surface area contributed by atoms with E-state index < -0.39 is 22.0 Å². The van der Waals surface area contributed by atoms with Crippen molar-refractivity contribution in [2.45, 2.75) is 83.7 Å². The highest BCUT2D eigenvalue weighted by molar-refractivity contribution is 7.85. The Morgan fingerprint density at radius 2 is 1.50 bits per heavy atom. The minimum Gasteiger partial charge on any atom is -0.386 e. The number of aliphatic hydroxyl groups excluding tert-OH is 1. The second kappa shape index (κ2) is 15.2. The van der Waals surface area contributed by atoms with Crippen LogP contribution in [0.2, 0.25) is 0 Å². The molecule has 1 amide bonds. The summed E-state index contributed by atoms with van der Waals surface area (Å²) in [7, 11) is -0.397. The van der Waals surface area contributed by atoms with E-state index in [1.165, 1.54) is 44.9 Å². The zero-order valence-electron chi connectivity index (χ0n) is 18.2. The third-order valence-corrected chi connectivity index (χ3v) is 5.68. The van der Waals surface area contributed by atoms with Crippen LogP contribution < -0.4 is 5.32 Å². The maximum absolute atomic E-state index is 11.9. The number of rotatable bonds is 18. The normalized spacial score (nSPS) is 13.5. The van der Waals surface area contributed by atoms with Crippen molar-refractivity contribution in [1.29, 1.82) is 0 Å². The molecule has 0 unspecified atom stereocenters. The fourth-order valence-electron chi connectivity index (χ4n) is 3.38. The fraction of sp³-hybridized carbons (Fsp3) is 0.950. The van der Waals surface area contributed by atoms with Crippen LogP contribution in [0, 0.1) is 0 Å². The SMILES string of the molecule is CCCCCCCCCCCC(=O)NCCC[N+](C)(C)C[C@H](O)CS(=O)(=O)O. The quantitative estimate of drug-likeness (QED) is 0.179. The minimum atomic E-state index is -4.17. The van der Waals surface area contributed by atoms with E-state index >= 15 is 0 Å². The van der Waals surface area contributed by atoms with Gasteiger partial charge < -0.3 is 14.9 Å². The van der Waals surface area contributed by atoms with E-state index in [0.717, 1.165) is 19.3 Å². The van der Waals surface area contributed by atoms with Crippen molar-refractivity contribution in [2.75, 3.05) is 39.5 Å². The van der Waals surface area contributed by atoms with Crippen LogP contribution in [-0.2, 0) is 14.9 Å². The summed E-state index contributed by atoms with van der Waals surface area (Å²) in [6, 6.07) is 0. The van der Waals surface area contributed by atoms with Crippen LogP contribution in [0.5, 0.6) is 0 Å². The first-order chi connectivity index (χ1) is 13.1. The molecule has 0 saturated heterocycles. The first-order valence-electron chi connectivity index (χ1n) is 10.8. The van der Waals surface area contributed by atoms with Gasteiger partial charge in [-0.15, -0.1) is 0 Å². The summed E-state index contributed by atoms with van der Waals surface area (Å²) < 4.78 is 30.8. The Hall–Kier alpha value is -0.700. The average molecular weight is 424 g/mol. The monoisotopic (exact) mass is 423 g/mol. The van der Waals surface area contributed by atoms with Gasteiger partial charge in [-0.2, -0.15) is 8.42 Å². The van der Waals surface area contributed by atoms with Crippen LogP contribution in [0.3, 0.4) is 0 Å². The number of nitrogens with zero attached hydrogens (tertiary/aromatic N) is 1. The van der Waals surface area contributed by atoms with Crippen LogP contribution in [-0.4, -0.2) is 74.1 Å². The number of carbonyl (C=O) groups excluding carboxylic acids is 1. The molecule has 0 bridgehead atoms. The van der Waals surface area contributed by atoms with E-state index in [1.807, 2.05) is 14.1 Å². The van der Waals surface area contributed by atoms with E-state index in [0.29, 0.717) is 24.0 Å². The lowest BCUT2D eigenvalue weighted by molar-refractivity contribution is -0.893. The molecule has 0 spiro atoms. The van der Waals surface area contributed by atoms with Crippen LogP contribution in [0.4, 0.5) is 0 Å². The molecule has 0 aromatic rings. The van der Waals surface area contributed by atoms with Crippen molar-refractivity contribution in [1.82, 2.24) is 5.32 Å². The number of unbranched alkanes of at least 4 members (excludes halogenated alkanes) is 8. The van der Waals surface area contributed by atoms with Crippen molar-refractivity contribution in [3.8, 4) is 0 Å². The Morgan fingerprint density at radius 3 is 2.04 bits per heavy atom. The van der Waals surface area contributed by atoms with Gasteiger partial charge in [0.05, 0.1) is 20.6 Å². The van der Waals surface area contributed by atoms with Crippen molar-refractivity contribution in [3.63, 3.8) is 0 Å². The minimum absolute atomic E-state index is 0.0830. The molecule has 8 heteroatoms. The Morgan fingerprint density at radius 1 is 0.964 bits per heavy atom. The topological polar surface area (TPSA) is 104 Å². The first-order valence-corrected chi connectivity index (χ1v) is 12.4. The van der Waals surface area contributed by atoms with Crippen molar-refractivity contribution >= 4 is 16.0 Å². The first kappa shape index (κ1) is 27.3. The molecule has 0 aromatic heterocycles. The predicted molar refractivity (Wildman–Crippen MR) is 114 cm³/mol. The molecule has 0 aromatic carbocycles. The summed E-state index contributed by atoms with van der Waals surface area (Å²) in [5.41, 5.74) is 0. The highest BCUT2D eigenvalue weighted by atomic mass is 32.2. The van der Waals surface area contributed by atoms with E-state index in [9.17, 15) is 18.3 Å². The van der Waals surface area contributed by atoms with Crippen LogP contribution in [0.15, 0.2) is 0 Å². The molecule has 0 saturated carbocycles. The van der Waals surface area contributed by atoms with Crippen molar-refractivity contribution in [2.24, 2.45) is 0 Å². The van der Waals surface area contributed by atoms with Crippen LogP contribution in [0.1, 0.15) is 77.6 Å². The summed E-state index contributed by atoms with van der Waals surface area (Å²) in [5.74, 6) is -0.566. The second-order valence-corrected chi connectivity index (χ2v) is 10.0. The number of aliphatic hydroxyl groups is 1. The molecule has 0 fully saturated rings. The highest BCUT2D eigenvalue weighted by Crippen LogP contribution is 2.10. The molecule has 0 aliphatic carbocycles. The van der Waals surface area contributed by atoms with Crippen molar-refractivity contribution < 1.29 is 27.4 Å². The largest absolute Gasteiger partial charge is 0.386 e. The lowest BCUT2D eigenvalue weighted by Crippen LogP contribution is -2.48. The van der Waals surface area contributed by atoms with E-state index in [2.05, 4.69) is 12.2 Å². The Balaban J connectivity index is 3.67. The summed E-state index contributed by atoms with van der Waals surface area (Å²) in [6.07, 6.45) is 11.3. The Labute approximate surface area is 172 Å². The maximum atomic E-state index is 11.9. The molecule has 0 aliphatic heterocycles. The molecular formula is C20H43N2O5S+. The molecule has 168 valence electrons.